The summed E-state index contributed by atoms with van der Waals surface area (Å²) in [6.07, 6.45) is 8.00. The maximum atomic E-state index is 9.16. The quantitative estimate of drug-likeness (QED) is 0.842. The fourth-order valence-corrected chi connectivity index (χ4v) is 2.78. The first-order chi connectivity index (χ1) is 12.3. The van der Waals surface area contributed by atoms with Crippen LogP contribution >= 0.6 is 0 Å². The molecule has 3 rings (SSSR count). The van der Waals surface area contributed by atoms with E-state index in [0.29, 0.717) is 17.5 Å². The summed E-state index contributed by atoms with van der Waals surface area (Å²) in [7, 11) is 0. The van der Waals surface area contributed by atoms with Gasteiger partial charge in [-0.15, -0.1) is 0 Å². The van der Waals surface area contributed by atoms with Crippen LogP contribution in [-0.2, 0) is 6.54 Å². The van der Waals surface area contributed by atoms with Gasteiger partial charge in [0.1, 0.15) is 6.07 Å². The molecule has 0 aliphatic carbocycles. The topological polar surface area (TPSA) is 93.9 Å². The van der Waals surface area contributed by atoms with Gasteiger partial charge in [0, 0.05) is 69.6 Å². The van der Waals surface area contributed by atoms with Gasteiger partial charge in [-0.05, 0) is 6.42 Å². The molecule has 0 aromatic carbocycles. The Morgan fingerprint density at radius 1 is 1.08 bits per heavy atom. The number of anilines is 2. The largest absolute Gasteiger partial charge is 0.354 e. The molecule has 0 atom stereocenters. The Balaban J connectivity index is 1.53. The summed E-state index contributed by atoms with van der Waals surface area (Å²) < 4.78 is 0. The summed E-state index contributed by atoms with van der Waals surface area (Å²) in [4.78, 5) is 21.6. The summed E-state index contributed by atoms with van der Waals surface area (Å²) in [5, 5.41) is 12.3. The standard InChI is InChI=1S/C17H22N8/c1-2-3-21-17-22-11-14(12-23-17)13-24-6-8-25(9-7-24)16-15(10-18)19-4-5-20-16/h4-5,11-12H,2-3,6-9,13H2,1H3,(H,21,22,23). The van der Waals surface area contributed by atoms with Gasteiger partial charge in [-0.25, -0.2) is 19.9 Å². The molecule has 0 radical (unpaired) electrons. The molecule has 1 saturated heterocycles. The molecule has 1 fully saturated rings. The van der Waals surface area contributed by atoms with Gasteiger partial charge in [-0.2, -0.15) is 5.26 Å². The van der Waals surface area contributed by atoms with Gasteiger partial charge in [0.15, 0.2) is 11.5 Å². The van der Waals surface area contributed by atoms with Gasteiger partial charge in [0.25, 0.3) is 0 Å². The Bertz CT molecular complexity index is 716. The lowest BCUT2D eigenvalue weighted by atomic mass is 10.2. The second-order valence-electron chi connectivity index (χ2n) is 5.95. The van der Waals surface area contributed by atoms with Crippen molar-refractivity contribution in [3.63, 3.8) is 0 Å². The SMILES string of the molecule is CCCNc1ncc(CN2CCN(c3nccnc3C#N)CC2)cn1. The molecule has 1 aliphatic rings. The normalized spacial score (nSPS) is 15.0. The van der Waals surface area contributed by atoms with Gasteiger partial charge in [0.05, 0.1) is 0 Å². The highest BCUT2D eigenvalue weighted by molar-refractivity contribution is 5.49. The highest BCUT2D eigenvalue weighted by Gasteiger charge is 2.20. The molecule has 0 bridgehead atoms. The third-order valence-electron chi connectivity index (χ3n) is 4.10. The van der Waals surface area contributed by atoms with Crippen LogP contribution in [0.5, 0.6) is 0 Å². The summed E-state index contributed by atoms with van der Waals surface area (Å²) in [6, 6.07) is 2.11. The van der Waals surface area contributed by atoms with E-state index in [9.17, 15) is 0 Å². The van der Waals surface area contributed by atoms with Crippen LogP contribution in [0, 0.1) is 11.3 Å². The van der Waals surface area contributed by atoms with E-state index in [-0.39, 0.29) is 0 Å². The molecular weight excluding hydrogens is 316 g/mol. The minimum atomic E-state index is 0.388. The molecule has 1 N–H and O–H groups in total. The minimum absolute atomic E-state index is 0.388. The van der Waals surface area contributed by atoms with E-state index in [2.05, 4.69) is 48.0 Å². The zero-order valence-corrected chi connectivity index (χ0v) is 14.4. The molecule has 0 unspecified atom stereocenters. The van der Waals surface area contributed by atoms with Crippen molar-refractivity contribution in [1.29, 1.82) is 5.26 Å². The Labute approximate surface area is 147 Å². The zero-order chi connectivity index (χ0) is 17.5. The smallest absolute Gasteiger partial charge is 0.222 e. The molecule has 130 valence electrons. The Hall–Kier alpha value is -2.79. The molecule has 1 aliphatic heterocycles. The molecule has 25 heavy (non-hydrogen) atoms. The van der Waals surface area contributed by atoms with Crippen molar-refractivity contribution in [2.45, 2.75) is 19.9 Å². The maximum Gasteiger partial charge on any atom is 0.222 e. The molecular formula is C17H22N8. The van der Waals surface area contributed by atoms with E-state index in [1.54, 1.807) is 12.4 Å². The number of nitrogens with zero attached hydrogens (tertiary/aromatic N) is 7. The predicted molar refractivity (Wildman–Crippen MR) is 95.0 cm³/mol. The highest BCUT2D eigenvalue weighted by atomic mass is 15.3. The number of nitriles is 1. The molecule has 0 saturated carbocycles. The summed E-state index contributed by atoms with van der Waals surface area (Å²) in [6.45, 7) is 7.27. The van der Waals surface area contributed by atoms with Gasteiger partial charge >= 0.3 is 0 Å². The second-order valence-corrected chi connectivity index (χ2v) is 5.95. The van der Waals surface area contributed by atoms with Gasteiger partial charge < -0.3 is 10.2 Å². The molecule has 2 aromatic rings. The van der Waals surface area contributed by atoms with Gasteiger partial charge in [-0.1, -0.05) is 6.92 Å². The van der Waals surface area contributed by atoms with Crippen molar-refractivity contribution in [3.05, 3.63) is 36.0 Å². The Morgan fingerprint density at radius 2 is 1.80 bits per heavy atom. The van der Waals surface area contributed by atoms with E-state index < -0.39 is 0 Å². The molecule has 2 aromatic heterocycles. The average Bonchev–Trinajstić information content (AvgIpc) is 2.68. The maximum absolute atomic E-state index is 9.16. The van der Waals surface area contributed by atoms with Crippen LogP contribution in [0.15, 0.2) is 24.8 Å². The first-order valence-electron chi connectivity index (χ1n) is 8.53. The number of hydrogen-bond donors (Lipinski definition) is 1. The first kappa shape index (κ1) is 17.0. The number of rotatable bonds is 6. The third kappa shape index (κ3) is 4.39. The molecule has 0 amide bonds. The van der Waals surface area contributed by atoms with Crippen molar-refractivity contribution in [1.82, 2.24) is 24.8 Å². The van der Waals surface area contributed by atoms with Crippen LogP contribution in [0.25, 0.3) is 0 Å². The number of hydrogen-bond acceptors (Lipinski definition) is 8. The second kappa shape index (κ2) is 8.35. The predicted octanol–water partition coefficient (Wildman–Crippen LogP) is 1.28. The average molecular weight is 338 g/mol. The Morgan fingerprint density at radius 3 is 2.48 bits per heavy atom. The van der Waals surface area contributed by atoms with Crippen molar-refractivity contribution in [3.8, 4) is 6.07 Å². The van der Waals surface area contributed by atoms with E-state index in [1.807, 2.05) is 12.4 Å². The summed E-state index contributed by atoms with van der Waals surface area (Å²) in [5.74, 6) is 1.36. The Kier molecular flexibility index (Phi) is 5.69. The van der Waals surface area contributed by atoms with Gasteiger partial charge in [-0.3, -0.25) is 4.90 Å². The van der Waals surface area contributed by atoms with Crippen LogP contribution < -0.4 is 10.2 Å². The van der Waals surface area contributed by atoms with Crippen molar-refractivity contribution in [2.75, 3.05) is 42.9 Å². The lowest BCUT2D eigenvalue weighted by molar-refractivity contribution is 0.248. The monoisotopic (exact) mass is 338 g/mol. The zero-order valence-electron chi connectivity index (χ0n) is 14.4. The number of nitrogens with one attached hydrogen (secondary N) is 1. The fourth-order valence-electron chi connectivity index (χ4n) is 2.78. The first-order valence-corrected chi connectivity index (χ1v) is 8.53. The van der Waals surface area contributed by atoms with E-state index >= 15 is 0 Å². The molecule has 8 heteroatoms. The lowest BCUT2D eigenvalue weighted by Crippen LogP contribution is -2.46. The van der Waals surface area contributed by atoms with E-state index in [4.69, 9.17) is 5.26 Å². The fraction of sp³-hybridized carbons (Fsp3) is 0.471. The minimum Gasteiger partial charge on any atom is -0.354 e. The lowest BCUT2D eigenvalue weighted by Gasteiger charge is -2.35. The van der Waals surface area contributed by atoms with Crippen LogP contribution in [-0.4, -0.2) is 57.6 Å². The number of piperazine rings is 1. The van der Waals surface area contributed by atoms with Crippen LogP contribution in [0.2, 0.25) is 0 Å². The van der Waals surface area contributed by atoms with E-state index in [0.717, 1.165) is 51.3 Å². The molecule has 8 nitrogen and oxygen atoms in total. The van der Waals surface area contributed by atoms with Crippen molar-refractivity contribution < 1.29 is 0 Å². The van der Waals surface area contributed by atoms with Gasteiger partial charge in [0.2, 0.25) is 5.95 Å². The van der Waals surface area contributed by atoms with Crippen LogP contribution in [0.1, 0.15) is 24.6 Å². The summed E-state index contributed by atoms with van der Waals surface area (Å²) >= 11 is 0. The molecule has 3 heterocycles. The van der Waals surface area contributed by atoms with Crippen molar-refractivity contribution in [2.24, 2.45) is 0 Å². The number of aromatic nitrogens is 4. The van der Waals surface area contributed by atoms with Crippen LogP contribution in [0.3, 0.4) is 0 Å². The van der Waals surface area contributed by atoms with Crippen molar-refractivity contribution >= 4 is 11.8 Å². The third-order valence-corrected chi connectivity index (χ3v) is 4.10. The van der Waals surface area contributed by atoms with E-state index in [1.165, 1.54) is 0 Å². The molecule has 0 spiro atoms. The summed E-state index contributed by atoms with van der Waals surface area (Å²) in [5.41, 5.74) is 1.49. The van der Waals surface area contributed by atoms with Crippen LogP contribution in [0.4, 0.5) is 11.8 Å². The highest BCUT2D eigenvalue weighted by Crippen LogP contribution is 2.17.